The standard InChI is InChI=1S/C12H14ClN3O/c1-9(4-5-10-3-2-8-17-10)15-11-6-7-14-12(13)16-11/h2-3,6-9H,4-5H2,1H3,(H,14,15,16). The van der Waals surface area contributed by atoms with Crippen molar-refractivity contribution in [3.8, 4) is 0 Å². The molecule has 4 nitrogen and oxygen atoms in total. The van der Waals surface area contributed by atoms with Crippen molar-refractivity contribution in [2.45, 2.75) is 25.8 Å². The van der Waals surface area contributed by atoms with E-state index in [0.717, 1.165) is 24.4 Å². The van der Waals surface area contributed by atoms with Crippen LogP contribution in [0.3, 0.4) is 0 Å². The molecule has 5 heteroatoms. The van der Waals surface area contributed by atoms with Gasteiger partial charge in [0.1, 0.15) is 11.6 Å². The summed E-state index contributed by atoms with van der Waals surface area (Å²) < 4.78 is 5.28. The van der Waals surface area contributed by atoms with E-state index >= 15 is 0 Å². The molecule has 2 aromatic rings. The lowest BCUT2D eigenvalue weighted by molar-refractivity contribution is 0.495. The molecule has 90 valence electrons. The summed E-state index contributed by atoms with van der Waals surface area (Å²) in [5, 5.41) is 3.53. The molecule has 0 saturated heterocycles. The van der Waals surface area contributed by atoms with Gasteiger partial charge in [0.25, 0.3) is 0 Å². The number of nitrogens with zero attached hydrogens (tertiary/aromatic N) is 2. The Hall–Kier alpha value is -1.55. The number of nitrogens with one attached hydrogen (secondary N) is 1. The Labute approximate surface area is 105 Å². The zero-order valence-corrected chi connectivity index (χ0v) is 10.3. The fourth-order valence-electron chi connectivity index (χ4n) is 1.55. The van der Waals surface area contributed by atoms with Crippen LogP contribution in [0.5, 0.6) is 0 Å². The first-order chi connectivity index (χ1) is 8.24. The van der Waals surface area contributed by atoms with Gasteiger partial charge in [-0.05, 0) is 43.1 Å². The molecule has 0 spiro atoms. The molecule has 0 aromatic carbocycles. The maximum absolute atomic E-state index is 5.71. The molecule has 0 radical (unpaired) electrons. The van der Waals surface area contributed by atoms with Crippen molar-refractivity contribution >= 4 is 17.4 Å². The fourth-order valence-corrected chi connectivity index (χ4v) is 1.70. The number of rotatable bonds is 5. The molecule has 1 N–H and O–H groups in total. The number of anilines is 1. The van der Waals surface area contributed by atoms with Crippen molar-refractivity contribution in [3.05, 3.63) is 41.7 Å². The van der Waals surface area contributed by atoms with Crippen LogP contribution in [-0.4, -0.2) is 16.0 Å². The van der Waals surface area contributed by atoms with Crippen LogP contribution in [0.2, 0.25) is 5.28 Å². The van der Waals surface area contributed by atoms with Gasteiger partial charge in [-0.3, -0.25) is 0 Å². The van der Waals surface area contributed by atoms with Gasteiger partial charge >= 0.3 is 0 Å². The highest BCUT2D eigenvalue weighted by atomic mass is 35.5. The molecule has 2 heterocycles. The van der Waals surface area contributed by atoms with Crippen LogP contribution in [0.25, 0.3) is 0 Å². The fraction of sp³-hybridized carbons (Fsp3) is 0.333. The number of halogens is 1. The molecule has 1 unspecified atom stereocenters. The van der Waals surface area contributed by atoms with E-state index < -0.39 is 0 Å². The van der Waals surface area contributed by atoms with Gasteiger partial charge in [0.15, 0.2) is 0 Å². The van der Waals surface area contributed by atoms with E-state index in [1.165, 1.54) is 0 Å². The third kappa shape index (κ3) is 3.75. The van der Waals surface area contributed by atoms with Crippen LogP contribution in [0.1, 0.15) is 19.1 Å². The number of aromatic nitrogens is 2. The average Bonchev–Trinajstić information content (AvgIpc) is 2.79. The Balaban J connectivity index is 1.83. The second kappa shape index (κ2) is 5.68. The summed E-state index contributed by atoms with van der Waals surface area (Å²) in [7, 11) is 0. The summed E-state index contributed by atoms with van der Waals surface area (Å²) >= 11 is 5.71. The number of aryl methyl sites for hydroxylation is 1. The van der Waals surface area contributed by atoms with E-state index in [-0.39, 0.29) is 5.28 Å². The van der Waals surface area contributed by atoms with Crippen molar-refractivity contribution < 1.29 is 4.42 Å². The lowest BCUT2D eigenvalue weighted by Crippen LogP contribution is -2.16. The van der Waals surface area contributed by atoms with E-state index in [1.807, 2.05) is 12.1 Å². The predicted molar refractivity (Wildman–Crippen MR) is 67.2 cm³/mol. The minimum Gasteiger partial charge on any atom is -0.469 e. The Morgan fingerprint density at radius 3 is 3.06 bits per heavy atom. The topological polar surface area (TPSA) is 51.0 Å². The van der Waals surface area contributed by atoms with Crippen LogP contribution in [0.15, 0.2) is 35.1 Å². The largest absolute Gasteiger partial charge is 0.469 e. The Kier molecular flexibility index (Phi) is 3.98. The van der Waals surface area contributed by atoms with Gasteiger partial charge in [-0.1, -0.05) is 0 Å². The van der Waals surface area contributed by atoms with Gasteiger partial charge in [-0.25, -0.2) is 9.97 Å². The maximum atomic E-state index is 5.71. The van der Waals surface area contributed by atoms with Crippen LogP contribution in [0, 0.1) is 0 Å². The van der Waals surface area contributed by atoms with Crippen LogP contribution < -0.4 is 5.32 Å². The minimum absolute atomic E-state index is 0.258. The van der Waals surface area contributed by atoms with E-state index in [2.05, 4.69) is 22.2 Å². The molecule has 0 aliphatic rings. The molecular formula is C12H14ClN3O. The summed E-state index contributed by atoms with van der Waals surface area (Å²) in [5.41, 5.74) is 0. The Morgan fingerprint density at radius 1 is 1.47 bits per heavy atom. The summed E-state index contributed by atoms with van der Waals surface area (Å²) in [6.07, 6.45) is 5.20. The van der Waals surface area contributed by atoms with Gasteiger partial charge < -0.3 is 9.73 Å². The van der Waals surface area contributed by atoms with Gasteiger partial charge in [0.05, 0.1) is 6.26 Å². The molecule has 2 rings (SSSR count). The maximum Gasteiger partial charge on any atom is 0.224 e. The van der Waals surface area contributed by atoms with E-state index in [0.29, 0.717) is 6.04 Å². The molecule has 0 aliphatic heterocycles. The van der Waals surface area contributed by atoms with Crippen LogP contribution in [0.4, 0.5) is 5.82 Å². The molecule has 0 aliphatic carbocycles. The smallest absolute Gasteiger partial charge is 0.224 e. The first kappa shape index (κ1) is 11.9. The zero-order chi connectivity index (χ0) is 12.1. The molecule has 2 aromatic heterocycles. The normalized spacial score (nSPS) is 12.4. The Morgan fingerprint density at radius 2 is 2.35 bits per heavy atom. The van der Waals surface area contributed by atoms with Gasteiger partial charge in [-0.2, -0.15) is 0 Å². The highest BCUT2D eigenvalue weighted by Crippen LogP contribution is 2.11. The van der Waals surface area contributed by atoms with Crippen molar-refractivity contribution in [2.75, 3.05) is 5.32 Å². The first-order valence-corrected chi connectivity index (χ1v) is 5.89. The zero-order valence-electron chi connectivity index (χ0n) is 9.56. The van der Waals surface area contributed by atoms with Crippen molar-refractivity contribution in [3.63, 3.8) is 0 Å². The quantitative estimate of drug-likeness (QED) is 0.830. The lowest BCUT2D eigenvalue weighted by Gasteiger charge is -2.13. The minimum atomic E-state index is 0.258. The van der Waals surface area contributed by atoms with E-state index in [1.54, 1.807) is 18.5 Å². The second-order valence-electron chi connectivity index (χ2n) is 3.87. The molecule has 0 amide bonds. The summed E-state index contributed by atoms with van der Waals surface area (Å²) in [6.45, 7) is 2.10. The first-order valence-electron chi connectivity index (χ1n) is 5.51. The molecule has 0 saturated carbocycles. The van der Waals surface area contributed by atoms with E-state index in [9.17, 15) is 0 Å². The highest BCUT2D eigenvalue weighted by molar-refractivity contribution is 6.28. The number of furan rings is 1. The van der Waals surface area contributed by atoms with Crippen molar-refractivity contribution in [2.24, 2.45) is 0 Å². The SMILES string of the molecule is CC(CCc1ccco1)Nc1ccnc(Cl)n1. The molecule has 17 heavy (non-hydrogen) atoms. The van der Waals surface area contributed by atoms with Gasteiger partial charge in [0, 0.05) is 18.7 Å². The van der Waals surface area contributed by atoms with Crippen molar-refractivity contribution in [1.29, 1.82) is 0 Å². The predicted octanol–water partition coefficient (Wildman–Crippen LogP) is 3.16. The Bertz CT molecular complexity index is 459. The van der Waals surface area contributed by atoms with Crippen molar-refractivity contribution in [1.82, 2.24) is 9.97 Å². The second-order valence-corrected chi connectivity index (χ2v) is 4.21. The molecule has 0 fully saturated rings. The summed E-state index contributed by atoms with van der Waals surface area (Å²) in [5.74, 6) is 1.75. The van der Waals surface area contributed by atoms with Gasteiger partial charge in [-0.15, -0.1) is 0 Å². The van der Waals surface area contributed by atoms with Crippen LogP contribution in [-0.2, 0) is 6.42 Å². The summed E-state index contributed by atoms with van der Waals surface area (Å²) in [4.78, 5) is 7.91. The van der Waals surface area contributed by atoms with Gasteiger partial charge in [0.2, 0.25) is 5.28 Å². The average molecular weight is 252 g/mol. The molecule has 0 bridgehead atoms. The number of hydrogen-bond donors (Lipinski definition) is 1. The third-order valence-corrected chi connectivity index (χ3v) is 2.61. The van der Waals surface area contributed by atoms with Crippen LogP contribution >= 0.6 is 11.6 Å². The highest BCUT2D eigenvalue weighted by Gasteiger charge is 2.05. The summed E-state index contributed by atoms with van der Waals surface area (Å²) in [6, 6.07) is 5.98. The molecular weight excluding hydrogens is 238 g/mol. The molecule has 1 atom stereocenters. The number of hydrogen-bond acceptors (Lipinski definition) is 4. The third-order valence-electron chi connectivity index (χ3n) is 2.42. The monoisotopic (exact) mass is 251 g/mol. The lowest BCUT2D eigenvalue weighted by atomic mass is 10.1. The van der Waals surface area contributed by atoms with E-state index in [4.69, 9.17) is 16.0 Å².